The van der Waals surface area contributed by atoms with Crippen molar-refractivity contribution < 1.29 is 19.1 Å². The number of hydrogen-bond donors (Lipinski definition) is 1. The van der Waals surface area contributed by atoms with Crippen molar-refractivity contribution in [1.82, 2.24) is 0 Å². The first-order valence-electron chi connectivity index (χ1n) is 9.02. The standard InChI is InChI=1S/C21H22N2O4S/c1-13(2)23(16-7-5-4-6-8-16)19(24)12-27-21(26)15-9-10-18-17(11-15)22-20(25)14(3)28-18/h4-11,13-14H,12H2,1-3H3,(H,22,25). The first-order chi connectivity index (χ1) is 13.4. The second-order valence-electron chi connectivity index (χ2n) is 6.73. The Hall–Kier alpha value is -2.80. The Kier molecular flexibility index (Phi) is 6.04. The fraction of sp³-hybridized carbons (Fsp3) is 0.286. The molecule has 0 saturated carbocycles. The lowest BCUT2D eigenvalue weighted by Gasteiger charge is -2.26. The van der Waals surface area contributed by atoms with Crippen LogP contribution in [0.15, 0.2) is 53.4 Å². The number of fused-ring (bicyclic) bond motifs is 1. The molecule has 6 nitrogen and oxygen atoms in total. The predicted octanol–water partition coefficient (Wildman–Crippen LogP) is 3.72. The Labute approximate surface area is 168 Å². The van der Waals surface area contributed by atoms with Crippen molar-refractivity contribution in [1.29, 1.82) is 0 Å². The summed E-state index contributed by atoms with van der Waals surface area (Å²) in [7, 11) is 0. The van der Waals surface area contributed by atoms with Gasteiger partial charge in [0, 0.05) is 16.6 Å². The van der Waals surface area contributed by atoms with Gasteiger partial charge in [0.15, 0.2) is 6.61 Å². The van der Waals surface area contributed by atoms with Gasteiger partial charge in [-0.3, -0.25) is 9.59 Å². The maximum atomic E-state index is 12.6. The first-order valence-corrected chi connectivity index (χ1v) is 9.90. The lowest BCUT2D eigenvalue weighted by Crippen LogP contribution is -2.39. The molecule has 0 spiro atoms. The largest absolute Gasteiger partial charge is 0.452 e. The zero-order valence-corrected chi connectivity index (χ0v) is 16.8. The van der Waals surface area contributed by atoms with Crippen LogP contribution in [0.4, 0.5) is 11.4 Å². The third-order valence-electron chi connectivity index (χ3n) is 4.29. The van der Waals surface area contributed by atoms with E-state index in [1.54, 1.807) is 23.1 Å². The second-order valence-corrected chi connectivity index (χ2v) is 8.11. The van der Waals surface area contributed by atoms with Gasteiger partial charge in [0.25, 0.3) is 5.91 Å². The zero-order valence-electron chi connectivity index (χ0n) is 16.0. The number of anilines is 2. The number of rotatable bonds is 5. The number of carbonyl (C=O) groups is 3. The van der Waals surface area contributed by atoms with Crippen LogP contribution < -0.4 is 10.2 Å². The van der Waals surface area contributed by atoms with Gasteiger partial charge in [0.1, 0.15) is 0 Å². The van der Waals surface area contributed by atoms with Crippen LogP contribution in [-0.2, 0) is 14.3 Å². The minimum absolute atomic E-state index is 0.0772. The van der Waals surface area contributed by atoms with E-state index in [4.69, 9.17) is 4.74 Å². The molecule has 7 heteroatoms. The van der Waals surface area contributed by atoms with Crippen LogP contribution in [0.2, 0.25) is 0 Å². The molecule has 0 bridgehead atoms. The van der Waals surface area contributed by atoms with Crippen LogP contribution in [-0.4, -0.2) is 35.7 Å². The molecule has 28 heavy (non-hydrogen) atoms. The highest BCUT2D eigenvalue weighted by Crippen LogP contribution is 2.36. The Balaban J connectivity index is 1.67. The number of ether oxygens (including phenoxy) is 1. The minimum Gasteiger partial charge on any atom is -0.452 e. The van der Waals surface area contributed by atoms with E-state index in [2.05, 4.69) is 5.32 Å². The van der Waals surface area contributed by atoms with Gasteiger partial charge in [0.05, 0.1) is 16.5 Å². The first kappa shape index (κ1) is 19.9. The van der Waals surface area contributed by atoms with Gasteiger partial charge in [-0.25, -0.2) is 4.79 Å². The summed E-state index contributed by atoms with van der Waals surface area (Å²) in [6.07, 6.45) is 0. The summed E-state index contributed by atoms with van der Waals surface area (Å²) in [5.41, 5.74) is 1.63. The highest BCUT2D eigenvalue weighted by Gasteiger charge is 2.25. The third-order valence-corrected chi connectivity index (χ3v) is 5.47. The van der Waals surface area contributed by atoms with Crippen molar-refractivity contribution in [2.75, 3.05) is 16.8 Å². The van der Waals surface area contributed by atoms with Crippen molar-refractivity contribution >= 4 is 40.9 Å². The Bertz CT molecular complexity index is 899. The van der Waals surface area contributed by atoms with E-state index in [1.165, 1.54) is 11.8 Å². The van der Waals surface area contributed by atoms with Gasteiger partial charge < -0.3 is 15.0 Å². The molecule has 146 valence electrons. The highest BCUT2D eigenvalue weighted by molar-refractivity contribution is 8.00. The van der Waals surface area contributed by atoms with Crippen molar-refractivity contribution in [2.24, 2.45) is 0 Å². The van der Waals surface area contributed by atoms with Gasteiger partial charge in [-0.1, -0.05) is 18.2 Å². The van der Waals surface area contributed by atoms with E-state index in [0.29, 0.717) is 5.69 Å². The molecule has 0 aromatic heterocycles. The van der Waals surface area contributed by atoms with E-state index < -0.39 is 5.97 Å². The molecule has 1 unspecified atom stereocenters. The molecule has 2 aromatic rings. The molecule has 0 aliphatic carbocycles. The normalized spacial score (nSPS) is 15.6. The Morgan fingerprint density at radius 1 is 1.18 bits per heavy atom. The van der Waals surface area contributed by atoms with Crippen molar-refractivity contribution in [3.63, 3.8) is 0 Å². The van der Waals surface area contributed by atoms with Crippen LogP contribution in [0.3, 0.4) is 0 Å². The maximum absolute atomic E-state index is 12.6. The molecule has 1 aliphatic heterocycles. The van der Waals surface area contributed by atoms with Gasteiger partial charge in [-0.05, 0) is 51.1 Å². The molecule has 0 radical (unpaired) electrons. The second kappa shape index (κ2) is 8.48. The number of nitrogens with zero attached hydrogens (tertiary/aromatic N) is 1. The average Bonchev–Trinajstić information content (AvgIpc) is 2.67. The number of carbonyl (C=O) groups excluding carboxylic acids is 3. The lowest BCUT2D eigenvalue weighted by molar-refractivity contribution is -0.122. The molecule has 2 aromatic carbocycles. The number of nitrogens with one attached hydrogen (secondary N) is 1. The van der Waals surface area contributed by atoms with Crippen LogP contribution >= 0.6 is 11.8 Å². The quantitative estimate of drug-likeness (QED) is 0.777. The average molecular weight is 398 g/mol. The lowest BCUT2D eigenvalue weighted by atomic mass is 10.2. The number of amides is 2. The van der Waals surface area contributed by atoms with Gasteiger partial charge in [-0.15, -0.1) is 11.8 Å². The molecular formula is C21H22N2O4S. The van der Waals surface area contributed by atoms with Crippen molar-refractivity contribution in [3.05, 3.63) is 54.1 Å². The van der Waals surface area contributed by atoms with E-state index in [9.17, 15) is 14.4 Å². The summed E-state index contributed by atoms with van der Waals surface area (Å²) in [5, 5.41) is 2.60. The molecule has 0 fully saturated rings. The van der Waals surface area contributed by atoms with E-state index in [-0.39, 0.29) is 35.3 Å². The number of para-hydroxylation sites is 1. The highest BCUT2D eigenvalue weighted by atomic mass is 32.2. The molecule has 0 saturated heterocycles. The molecular weight excluding hydrogens is 376 g/mol. The summed E-state index contributed by atoms with van der Waals surface area (Å²) in [6, 6.07) is 14.2. The summed E-state index contributed by atoms with van der Waals surface area (Å²) in [5.74, 6) is -1.01. The van der Waals surface area contributed by atoms with Crippen LogP contribution in [0.25, 0.3) is 0 Å². The molecule has 3 rings (SSSR count). The Morgan fingerprint density at radius 3 is 2.57 bits per heavy atom. The van der Waals surface area contributed by atoms with Gasteiger partial charge in [-0.2, -0.15) is 0 Å². The third kappa shape index (κ3) is 4.36. The Morgan fingerprint density at radius 2 is 1.89 bits per heavy atom. The van der Waals surface area contributed by atoms with Gasteiger partial charge in [0.2, 0.25) is 5.91 Å². The van der Waals surface area contributed by atoms with Crippen molar-refractivity contribution in [3.8, 4) is 0 Å². The summed E-state index contributed by atoms with van der Waals surface area (Å²) in [4.78, 5) is 39.3. The monoisotopic (exact) mass is 398 g/mol. The fourth-order valence-electron chi connectivity index (χ4n) is 2.93. The predicted molar refractivity (Wildman–Crippen MR) is 110 cm³/mol. The number of thioether (sulfide) groups is 1. The van der Waals surface area contributed by atoms with Crippen LogP contribution in [0.1, 0.15) is 31.1 Å². The summed E-state index contributed by atoms with van der Waals surface area (Å²) < 4.78 is 5.23. The number of esters is 1. The molecule has 1 heterocycles. The van der Waals surface area contributed by atoms with Crippen LogP contribution in [0, 0.1) is 0 Å². The van der Waals surface area contributed by atoms with Crippen LogP contribution in [0.5, 0.6) is 0 Å². The summed E-state index contributed by atoms with van der Waals surface area (Å²) >= 11 is 1.44. The molecule has 1 atom stereocenters. The molecule has 1 aliphatic rings. The van der Waals surface area contributed by atoms with E-state index in [1.807, 2.05) is 51.1 Å². The number of benzene rings is 2. The number of hydrogen-bond acceptors (Lipinski definition) is 5. The fourth-order valence-corrected chi connectivity index (χ4v) is 3.87. The summed E-state index contributed by atoms with van der Waals surface area (Å²) in [6.45, 7) is 5.26. The zero-order chi connectivity index (χ0) is 20.3. The minimum atomic E-state index is -0.606. The van der Waals surface area contributed by atoms with E-state index in [0.717, 1.165) is 10.6 Å². The SMILES string of the molecule is CC1Sc2ccc(C(=O)OCC(=O)N(c3ccccc3)C(C)C)cc2NC1=O. The van der Waals surface area contributed by atoms with Crippen molar-refractivity contribution in [2.45, 2.75) is 37.0 Å². The maximum Gasteiger partial charge on any atom is 0.338 e. The topological polar surface area (TPSA) is 75.7 Å². The van der Waals surface area contributed by atoms with Gasteiger partial charge >= 0.3 is 5.97 Å². The molecule has 2 amide bonds. The molecule has 1 N–H and O–H groups in total. The van der Waals surface area contributed by atoms with E-state index >= 15 is 0 Å². The smallest absolute Gasteiger partial charge is 0.338 e.